The molecule has 0 spiro atoms. The van der Waals surface area contributed by atoms with Gasteiger partial charge in [-0.25, -0.2) is 0 Å². The molecule has 1 aromatic heterocycles. The lowest BCUT2D eigenvalue weighted by molar-refractivity contribution is 0.449. The number of hydrogen-bond acceptors (Lipinski definition) is 2. The minimum atomic E-state index is 0.149. The minimum Gasteiger partial charge on any atom is -0.467 e. The second-order valence-corrected chi connectivity index (χ2v) is 4.95. The van der Waals surface area contributed by atoms with Gasteiger partial charge in [0, 0.05) is 0 Å². The third kappa shape index (κ3) is 3.27. The molecule has 2 heteroatoms. The highest BCUT2D eigenvalue weighted by Gasteiger charge is 2.17. The van der Waals surface area contributed by atoms with Crippen LogP contribution in [0.1, 0.15) is 48.8 Å². The quantitative estimate of drug-likeness (QED) is 0.837. The fourth-order valence-electron chi connectivity index (χ4n) is 2.41. The van der Waals surface area contributed by atoms with Crippen LogP contribution in [0.4, 0.5) is 0 Å². The molecule has 102 valence electrons. The Morgan fingerprint density at radius 1 is 1.11 bits per heavy atom. The monoisotopic (exact) mass is 257 g/mol. The van der Waals surface area contributed by atoms with Crippen LogP contribution in [-0.2, 0) is 6.42 Å². The van der Waals surface area contributed by atoms with Crippen LogP contribution in [0, 0.1) is 6.92 Å². The number of hydrogen-bond donors (Lipinski definition) is 1. The van der Waals surface area contributed by atoms with E-state index in [1.54, 1.807) is 6.26 Å². The molecule has 1 heterocycles. The summed E-state index contributed by atoms with van der Waals surface area (Å²) in [6, 6.07) is 11.0. The van der Waals surface area contributed by atoms with Crippen LogP contribution in [0.3, 0.4) is 0 Å². The van der Waals surface area contributed by atoms with Gasteiger partial charge >= 0.3 is 0 Å². The van der Waals surface area contributed by atoms with E-state index in [9.17, 15) is 0 Å². The van der Waals surface area contributed by atoms with Crippen molar-refractivity contribution in [2.24, 2.45) is 0 Å². The van der Waals surface area contributed by atoms with Crippen molar-refractivity contribution in [3.05, 3.63) is 59.0 Å². The molecule has 19 heavy (non-hydrogen) atoms. The molecule has 0 radical (unpaired) electrons. The van der Waals surface area contributed by atoms with E-state index in [1.165, 1.54) is 23.1 Å². The van der Waals surface area contributed by atoms with E-state index < -0.39 is 0 Å². The fourth-order valence-corrected chi connectivity index (χ4v) is 2.41. The number of benzene rings is 1. The second kappa shape index (κ2) is 6.58. The van der Waals surface area contributed by atoms with E-state index in [2.05, 4.69) is 50.4 Å². The van der Waals surface area contributed by atoms with Crippen molar-refractivity contribution in [3.8, 4) is 0 Å². The predicted octanol–water partition coefficient (Wildman–Crippen LogP) is 4.24. The lowest BCUT2D eigenvalue weighted by Gasteiger charge is -2.17. The van der Waals surface area contributed by atoms with Gasteiger partial charge < -0.3 is 9.73 Å². The Kier molecular flexibility index (Phi) is 4.80. The average Bonchev–Trinajstić information content (AvgIpc) is 2.84. The molecule has 0 aliphatic heterocycles. The van der Waals surface area contributed by atoms with Crippen molar-refractivity contribution in [2.75, 3.05) is 6.54 Å². The van der Waals surface area contributed by atoms with Gasteiger partial charge in [-0.1, -0.05) is 44.5 Å². The molecule has 2 rings (SSSR count). The van der Waals surface area contributed by atoms with Crippen LogP contribution in [0.15, 0.2) is 41.0 Å². The topological polar surface area (TPSA) is 25.2 Å². The molecule has 1 atom stereocenters. The first kappa shape index (κ1) is 13.9. The van der Waals surface area contributed by atoms with Crippen LogP contribution < -0.4 is 5.32 Å². The van der Waals surface area contributed by atoms with Crippen molar-refractivity contribution in [1.29, 1.82) is 0 Å². The number of rotatable bonds is 6. The zero-order chi connectivity index (χ0) is 13.7. The molecule has 0 aliphatic carbocycles. The smallest absolute Gasteiger partial charge is 0.128 e. The van der Waals surface area contributed by atoms with Gasteiger partial charge in [0.25, 0.3) is 0 Å². The predicted molar refractivity (Wildman–Crippen MR) is 79.4 cm³/mol. The fraction of sp³-hybridized carbons (Fsp3) is 0.412. The van der Waals surface area contributed by atoms with Gasteiger partial charge in [-0.3, -0.25) is 0 Å². The molecule has 1 aromatic carbocycles. The lowest BCUT2D eigenvalue weighted by atomic mass is 9.99. The summed E-state index contributed by atoms with van der Waals surface area (Å²) in [6.07, 6.45) is 4.10. The standard InChI is InChI=1S/C17H23NO/c1-4-6-14-7-9-15(10-8-14)16(18-5-2)17-13(3)11-12-19-17/h7-12,16,18H,4-6H2,1-3H3. The van der Waals surface area contributed by atoms with E-state index in [1.807, 2.05) is 6.07 Å². The van der Waals surface area contributed by atoms with E-state index in [-0.39, 0.29) is 6.04 Å². The number of aryl methyl sites for hydroxylation is 2. The Hall–Kier alpha value is -1.54. The van der Waals surface area contributed by atoms with Crippen LogP contribution in [0.5, 0.6) is 0 Å². The minimum absolute atomic E-state index is 0.149. The van der Waals surface area contributed by atoms with Gasteiger partial charge in [-0.05, 0) is 42.6 Å². The molecule has 0 aliphatic rings. The average molecular weight is 257 g/mol. The zero-order valence-corrected chi connectivity index (χ0v) is 12.1. The summed E-state index contributed by atoms with van der Waals surface area (Å²) in [5.41, 5.74) is 3.86. The van der Waals surface area contributed by atoms with E-state index in [0.717, 1.165) is 18.7 Å². The summed E-state index contributed by atoms with van der Waals surface area (Å²) >= 11 is 0. The molecule has 0 amide bonds. The largest absolute Gasteiger partial charge is 0.467 e. The van der Waals surface area contributed by atoms with Gasteiger partial charge in [0.15, 0.2) is 0 Å². The highest BCUT2D eigenvalue weighted by atomic mass is 16.3. The van der Waals surface area contributed by atoms with Crippen molar-refractivity contribution >= 4 is 0 Å². The molecule has 0 saturated carbocycles. The zero-order valence-electron chi connectivity index (χ0n) is 12.1. The first-order chi connectivity index (χ1) is 9.26. The lowest BCUT2D eigenvalue weighted by Crippen LogP contribution is -2.22. The maximum absolute atomic E-state index is 5.65. The SMILES string of the molecule is CCCc1ccc(C(NCC)c2occc2C)cc1. The summed E-state index contributed by atoms with van der Waals surface area (Å²) in [7, 11) is 0. The van der Waals surface area contributed by atoms with Crippen LogP contribution in [-0.4, -0.2) is 6.54 Å². The highest BCUT2D eigenvalue weighted by Crippen LogP contribution is 2.26. The maximum atomic E-state index is 5.65. The molecule has 0 saturated heterocycles. The summed E-state index contributed by atoms with van der Waals surface area (Å²) < 4.78 is 5.65. The Morgan fingerprint density at radius 2 is 1.84 bits per heavy atom. The Balaban J connectivity index is 2.26. The van der Waals surface area contributed by atoms with Crippen LogP contribution in [0.2, 0.25) is 0 Å². The molecule has 0 fully saturated rings. The van der Waals surface area contributed by atoms with Gasteiger partial charge in [-0.15, -0.1) is 0 Å². The summed E-state index contributed by atoms with van der Waals surface area (Å²) in [4.78, 5) is 0. The van der Waals surface area contributed by atoms with Crippen molar-refractivity contribution < 1.29 is 4.42 Å². The summed E-state index contributed by atoms with van der Waals surface area (Å²) in [6.45, 7) is 7.34. The molecule has 1 N–H and O–H groups in total. The maximum Gasteiger partial charge on any atom is 0.128 e. The van der Waals surface area contributed by atoms with E-state index in [4.69, 9.17) is 4.42 Å². The van der Waals surface area contributed by atoms with Gasteiger partial charge in [0.1, 0.15) is 5.76 Å². The molecule has 1 unspecified atom stereocenters. The Bertz CT molecular complexity index is 498. The molecule has 0 bridgehead atoms. The summed E-state index contributed by atoms with van der Waals surface area (Å²) in [5, 5.41) is 3.50. The van der Waals surface area contributed by atoms with Gasteiger partial charge in [-0.2, -0.15) is 0 Å². The molecular weight excluding hydrogens is 234 g/mol. The van der Waals surface area contributed by atoms with Crippen molar-refractivity contribution in [2.45, 2.75) is 39.7 Å². The molecule has 2 aromatic rings. The third-order valence-electron chi connectivity index (χ3n) is 3.42. The second-order valence-electron chi connectivity index (χ2n) is 4.95. The third-order valence-corrected chi connectivity index (χ3v) is 3.42. The molecular formula is C17H23NO. The van der Waals surface area contributed by atoms with Crippen molar-refractivity contribution in [3.63, 3.8) is 0 Å². The van der Waals surface area contributed by atoms with Crippen LogP contribution in [0.25, 0.3) is 0 Å². The highest BCUT2D eigenvalue weighted by molar-refractivity contribution is 5.32. The first-order valence-corrected chi connectivity index (χ1v) is 7.12. The number of nitrogens with one attached hydrogen (secondary N) is 1. The van der Waals surface area contributed by atoms with E-state index in [0.29, 0.717) is 0 Å². The van der Waals surface area contributed by atoms with E-state index >= 15 is 0 Å². The Morgan fingerprint density at radius 3 is 2.37 bits per heavy atom. The van der Waals surface area contributed by atoms with Gasteiger partial charge in [0.2, 0.25) is 0 Å². The van der Waals surface area contributed by atoms with Gasteiger partial charge in [0.05, 0.1) is 12.3 Å². The number of furan rings is 1. The first-order valence-electron chi connectivity index (χ1n) is 7.12. The Labute approximate surface area is 115 Å². The van der Waals surface area contributed by atoms with Crippen molar-refractivity contribution in [1.82, 2.24) is 5.32 Å². The normalized spacial score (nSPS) is 12.6. The van der Waals surface area contributed by atoms with Crippen LogP contribution >= 0.6 is 0 Å². The summed E-state index contributed by atoms with van der Waals surface area (Å²) in [5.74, 6) is 1.02. The molecule has 2 nitrogen and oxygen atoms in total.